The van der Waals surface area contributed by atoms with Crippen molar-refractivity contribution >= 4 is 23.5 Å². The molecule has 3 rings (SSSR count). The summed E-state index contributed by atoms with van der Waals surface area (Å²) in [7, 11) is 1.59. The molecule has 0 atom stereocenters. The first-order chi connectivity index (χ1) is 14.1. The Morgan fingerprint density at radius 1 is 1.21 bits per heavy atom. The number of nitrogens with one attached hydrogen (secondary N) is 1. The van der Waals surface area contributed by atoms with E-state index < -0.39 is 0 Å². The molecule has 3 aromatic rings. The molecule has 0 saturated heterocycles. The van der Waals surface area contributed by atoms with Gasteiger partial charge in [0, 0.05) is 16.5 Å². The Labute approximate surface area is 174 Å². The lowest BCUT2D eigenvalue weighted by Gasteiger charge is -2.15. The average molecular weight is 410 g/mol. The Morgan fingerprint density at radius 2 is 2.00 bits per heavy atom. The molecule has 1 heterocycles. The molecule has 1 N–H and O–H groups in total. The summed E-state index contributed by atoms with van der Waals surface area (Å²) in [5, 5.41) is 6.75. The number of methoxy groups -OCH3 is 1. The third kappa shape index (κ3) is 5.65. The molecule has 7 heteroatoms. The van der Waals surface area contributed by atoms with Crippen LogP contribution in [-0.2, 0) is 11.2 Å². The molecule has 0 saturated carbocycles. The van der Waals surface area contributed by atoms with Crippen molar-refractivity contribution in [3.05, 3.63) is 64.5 Å². The fourth-order valence-corrected chi connectivity index (χ4v) is 3.44. The van der Waals surface area contributed by atoms with Crippen molar-refractivity contribution in [1.29, 1.82) is 0 Å². The summed E-state index contributed by atoms with van der Waals surface area (Å²) in [6.45, 7) is 3.87. The second-order valence-corrected chi connectivity index (χ2v) is 7.45. The highest BCUT2D eigenvalue weighted by atomic mass is 32.1. The smallest absolute Gasteiger partial charge is 0.246 e. The first kappa shape index (κ1) is 20.5. The minimum atomic E-state index is -0.232. The molecule has 29 heavy (non-hydrogen) atoms. The van der Waals surface area contributed by atoms with E-state index in [4.69, 9.17) is 9.47 Å². The van der Waals surface area contributed by atoms with Gasteiger partial charge in [-0.1, -0.05) is 36.4 Å². The maximum atomic E-state index is 12.2. The zero-order valence-electron chi connectivity index (χ0n) is 16.6. The number of nitrogens with zero attached hydrogens (tertiary/aromatic N) is 2. The Kier molecular flexibility index (Phi) is 6.97. The van der Waals surface area contributed by atoms with Crippen LogP contribution >= 0.6 is 11.3 Å². The van der Waals surface area contributed by atoms with Gasteiger partial charge in [-0.2, -0.15) is 5.10 Å². The fourth-order valence-electron chi connectivity index (χ4n) is 2.64. The van der Waals surface area contributed by atoms with Crippen LogP contribution in [0.5, 0.6) is 11.5 Å². The van der Waals surface area contributed by atoms with E-state index >= 15 is 0 Å². The van der Waals surface area contributed by atoms with Crippen LogP contribution < -0.4 is 14.9 Å². The van der Waals surface area contributed by atoms with Crippen molar-refractivity contribution in [1.82, 2.24) is 10.4 Å². The first-order valence-electron chi connectivity index (χ1n) is 9.22. The number of carbonyl (C=O) groups excluding carboxylic acids is 1. The van der Waals surface area contributed by atoms with Gasteiger partial charge in [0.05, 0.1) is 31.5 Å². The number of hydrogen-bond acceptors (Lipinski definition) is 6. The van der Waals surface area contributed by atoms with Crippen LogP contribution in [0, 0.1) is 0 Å². The molecule has 0 spiro atoms. The highest BCUT2D eigenvalue weighted by Gasteiger charge is 2.12. The van der Waals surface area contributed by atoms with Crippen LogP contribution in [0.1, 0.15) is 24.4 Å². The molecule has 0 bridgehead atoms. The number of carbonyl (C=O) groups is 1. The number of amides is 1. The summed E-state index contributed by atoms with van der Waals surface area (Å²) in [6, 6.07) is 15.4. The summed E-state index contributed by atoms with van der Waals surface area (Å²) in [4.78, 5) is 16.7. The zero-order chi connectivity index (χ0) is 20.6. The van der Waals surface area contributed by atoms with Gasteiger partial charge in [0.2, 0.25) is 5.91 Å². The van der Waals surface area contributed by atoms with Gasteiger partial charge in [0.25, 0.3) is 0 Å². The van der Waals surface area contributed by atoms with Crippen molar-refractivity contribution in [2.24, 2.45) is 5.10 Å². The third-order valence-corrected chi connectivity index (χ3v) is 4.76. The largest absolute Gasteiger partial charge is 0.493 e. The summed E-state index contributed by atoms with van der Waals surface area (Å²) in [6.07, 6.45) is 1.70. The van der Waals surface area contributed by atoms with Crippen LogP contribution in [0.2, 0.25) is 0 Å². The second-order valence-electron chi connectivity index (χ2n) is 6.51. The molecule has 1 amide bonds. The van der Waals surface area contributed by atoms with E-state index in [1.54, 1.807) is 13.3 Å². The van der Waals surface area contributed by atoms with Crippen molar-refractivity contribution in [2.75, 3.05) is 7.11 Å². The van der Waals surface area contributed by atoms with Gasteiger partial charge >= 0.3 is 0 Å². The molecule has 1 aromatic heterocycles. The summed E-state index contributed by atoms with van der Waals surface area (Å²) in [5.74, 6) is 0.977. The Hall–Kier alpha value is -3.19. The van der Waals surface area contributed by atoms with E-state index in [0.29, 0.717) is 11.5 Å². The molecule has 6 nitrogen and oxygen atoms in total. The molecule has 0 unspecified atom stereocenters. The number of thiazole rings is 1. The molecule has 0 aliphatic rings. The molecule has 150 valence electrons. The summed E-state index contributed by atoms with van der Waals surface area (Å²) in [5.41, 5.74) is 5.17. The van der Waals surface area contributed by atoms with E-state index in [9.17, 15) is 4.79 Å². The highest BCUT2D eigenvalue weighted by Crippen LogP contribution is 2.31. The van der Waals surface area contributed by atoms with Gasteiger partial charge in [-0.25, -0.2) is 10.4 Å². The predicted octanol–water partition coefficient (Wildman–Crippen LogP) is 4.30. The summed E-state index contributed by atoms with van der Waals surface area (Å²) < 4.78 is 11.2. The molecule has 2 aromatic carbocycles. The van der Waals surface area contributed by atoms with Crippen molar-refractivity contribution < 1.29 is 14.3 Å². The topological polar surface area (TPSA) is 72.8 Å². The maximum Gasteiger partial charge on any atom is 0.246 e. The van der Waals surface area contributed by atoms with Gasteiger partial charge in [-0.15, -0.1) is 11.3 Å². The van der Waals surface area contributed by atoms with Gasteiger partial charge in [0.1, 0.15) is 5.01 Å². The Bertz CT molecular complexity index is 984. The summed E-state index contributed by atoms with van der Waals surface area (Å²) >= 11 is 1.46. The number of hydrazone groups is 1. The minimum Gasteiger partial charge on any atom is -0.493 e. The molecule has 0 fully saturated rings. The van der Waals surface area contributed by atoms with Crippen LogP contribution in [-0.4, -0.2) is 30.3 Å². The van der Waals surface area contributed by atoms with Crippen LogP contribution in [0.4, 0.5) is 0 Å². The predicted molar refractivity (Wildman–Crippen MR) is 116 cm³/mol. The maximum absolute atomic E-state index is 12.2. The van der Waals surface area contributed by atoms with E-state index in [2.05, 4.69) is 15.5 Å². The number of para-hydroxylation sites is 1. The van der Waals surface area contributed by atoms with Crippen molar-refractivity contribution in [3.63, 3.8) is 0 Å². The quantitative estimate of drug-likeness (QED) is 0.445. The number of hydrogen-bond donors (Lipinski definition) is 1. The van der Waals surface area contributed by atoms with Crippen LogP contribution in [0.3, 0.4) is 0 Å². The number of ether oxygens (including phenoxy) is 2. The molecular weight excluding hydrogens is 386 g/mol. The van der Waals surface area contributed by atoms with Gasteiger partial charge in [-0.05, 0) is 26.0 Å². The van der Waals surface area contributed by atoms with E-state index in [0.717, 1.165) is 21.8 Å². The van der Waals surface area contributed by atoms with Gasteiger partial charge in [0.15, 0.2) is 11.5 Å². The van der Waals surface area contributed by atoms with Crippen LogP contribution in [0.15, 0.2) is 59.0 Å². The molecule has 0 radical (unpaired) electrons. The standard InChI is InChI=1S/C22H23N3O3S/c1-15(2)28-22-17(10-7-11-19(22)27-3)13-23-25-20(26)12-21-24-18(14-29-21)16-8-5-4-6-9-16/h4-11,13-15H,12H2,1-3H3,(H,25,26)/b23-13-. The molecule has 0 aliphatic carbocycles. The second kappa shape index (κ2) is 9.84. The molecular formula is C22H23N3O3S. The minimum absolute atomic E-state index is 0.0169. The number of benzene rings is 2. The third-order valence-electron chi connectivity index (χ3n) is 3.91. The van der Waals surface area contributed by atoms with Gasteiger partial charge < -0.3 is 9.47 Å². The van der Waals surface area contributed by atoms with E-state index in [1.165, 1.54) is 11.3 Å². The lowest BCUT2D eigenvalue weighted by atomic mass is 10.2. The van der Waals surface area contributed by atoms with E-state index in [-0.39, 0.29) is 18.4 Å². The van der Waals surface area contributed by atoms with Gasteiger partial charge in [-0.3, -0.25) is 4.79 Å². The lowest BCUT2D eigenvalue weighted by molar-refractivity contribution is -0.120. The highest BCUT2D eigenvalue weighted by molar-refractivity contribution is 7.10. The monoisotopic (exact) mass is 409 g/mol. The average Bonchev–Trinajstić information content (AvgIpc) is 3.17. The van der Waals surface area contributed by atoms with E-state index in [1.807, 2.05) is 67.8 Å². The SMILES string of the molecule is COc1cccc(/C=N\NC(=O)Cc2nc(-c3ccccc3)cs2)c1OC(C)C. The molecule has 0 aliphatic heterocycles. The fraction of sp³-hybridized carbons (Fsp3) is 0.227. The Morgan fingerprint density at radius 3 is 2.72 bits per heavy atom. The normalized spacial score (nSPS) is 11.0. The van der Waals surface area contributed by atoms with Crippen LogP contribution in [0.25, 0.3) is 11.3 Å². The van der Waals surface area contributed by atoms with Crippen molar-refractivity contribution in [3.8, 4) is 22.8 Å². The first-order valence-corrected chi connectivity index (χ1v) is 10.1. The Balaban J connectivity index is 1.63. The zero-order valence-corrected chi connectivity index (χ0v) is 17.4. The van der Waals surface area contributed by atoms with Crippen molar-refractivity contribution in [2.45, 2.75) is 26.4 Å². The lowest BCUT2D eigenvalue weighted by Crippen LogP contribution is -2.19. The number of aromatic nitrogens is 1. The number of rotatable bonds is 8.